The van der Waals surface area contributed by atoms with Gasteiger partial charge in [0.25, 0.3) is 5.56 Å². The normalized spacial score (nSPS) is 21.2. The first-order valence-electron chi connectivity index (χ1n) is 10.0. The molecule has 3 heterocycles. The van der Waals surface area contributed by atoms with Crippen molar-refractivity contribution in [3.05, 3.63) is 16.6 Å². The minimum Gasteiger partial charge on any atom is -0.372 e. The lowest BCUT2D eigenvalue weighted by Crippen LogP contribution is -2.53. The molecule has 4 rings (SSSR count). The third-order valence-electron chi connectivity index (χ3n) is 5.59. The Bertz CT molecular complexity index is 927. The lowest BCUT2D eigenvalue weighted by Gasteiger charge is -2.39. The molecular weight excluding hydrogens is 360 g/mol. The predicted molar refractivity (Wildman–Crippen MR) is 105 cm³/mol. The number of nitrogens with one attached hydrogen (secondary N) is 2. The van der Waals surface area contributed by atoms with Crippen LogP contribution in [0, 0.1) is 0 Å². The Morgan fingerprint density at radius 3 is 2.86 bits per heavy atom. The molecule has 1 aliphatic heterocycles. The Kier molecular flexibility index (Phi) is 4.86. The number of aromatic nitrogens is 4. The van der Waals surface area contributed by atoms with Gasteiger partial charge < -0.3 is 15.0 Å². The highest BCUT2D eigenvalue weighted by molar-refractivity contribution is 5.84. The standard InChI is InChI=1S/C19H28N6O3/c1-12(17(27)24-8-9-28-19(2,3)11-24)21-18-22-15-14(16(26)23-18)10-20-25(15)13-6-4-5-7-13/h10,12-13H,4-9,11H2,1-3H3,(H2,21,22,23,26)/t12-/m1/s1. The van der Waals surface area contributed by atoms with Crippen LogP contribution >= 0.6 is 0 Å². The van der Waals surface area contributed by atoms with Crippen molar-refractivity contribution in [2.75, 3.05) is 25.0 Å². The van der Waals surface area contributed by atoms with Gasteiger partial charge in [-0.25, -0.2) is 4.68 Å². The van der Waals surface area contributed by atoms with Crippen molar-refractivity contribution >= 4 is 22.9 Å². The Morgan fingerprint density at radius 1 is 1.39 bits per heavy atom. The van der Waals surface area contributed by atoms with Crippen LogP contribution in [0.25, 0.3) is 11.0 Å². The maximum absolute atomic E-state index is 12.8. The number of nitrogens with zero attached hydrogens (tertiary/aromatic N) is 4. The summed E-state index contributed by atoms with van der Waals surface area (Å²) >= 11 is 0. The number of carbonyl (C=O) groups is 1. The molecule has 2 N–H and O–H groups in total. The van der Waals surface area contributed by atoms with Crippen molar-refractivity contribution in [2.45, 2.75) is 64.1 Å². The van der Waals surface area contributed by atoms with Crippen LogP contribution in [0.5, 0.6) is 0 Å². The Morgan fingerprint density at radius 2 is 2.14 bits per heavy atom. The van der Waals surface area contributed by atoms with Gasteiger partial charge in [0.15, 0.2) is 5.65 Å². The Hall–Kier alpha value is -2.42. The van der Waals surface area contributed by atoms with Gasteiger partial charge in [-0.3, -0.25) is 14.6 Å². The quantitative estimate of drug-likeness (QED) is 0.825. The number of rotatable bonds is 4. The summed E-state index contributed by atoms with van der Waals surface area (Å²) in [7, 11) is 0. The van der Waals surface area contributed by atoms with E-state index in [0.29, 0.717) is 36.7 Å². The summed E-state index contributed by atoms with van der Waals surface area (Å²) in [4.78, 5) is 34.4. The van der Waals surface area contributed by atoms with Crippen LogP contribution in [-0.2, 0) is 9.53 Å². The number of hydrogen-bond acceptors (Lipinski definition) is 6. The molecule has 0 spiro atoms. The molecule has 2 aromatic rings. The summed E-state index contributed by atoms with van der Waals surface area (Å²) in [5.74, 6) is 0.258. The fourth-order valence-corrected chi connectivity index (χ4v) is 4.17. The first kappa shape index (κ1) is 18.9. The molecule has 2 fully saturated rings. The number of fused-ring (bicyclic) bond motifs is 1. The number of morpholine rings is 1. The number of hydrogen-bond donors (Lipinski definition) is 2. The van der Waals surface area contributed by atoms with Crippen LogP contribution in [0.2, 0.25) is 0 Å². The lowest BCUT2D eigenvalue weighted by atomic mass is 10.1. The fourth-order valence-electron chi connectivity index (χ4n) is 4.17. The van der Waals surface area contributed by atoms with E-state index in [-0.39, 0.29) is 23.1 Å². The molecule has 152 valence electrons. The summed E-state index contributed by atoms with van der Waals surface area (Å²) < 4.78 is 7.54. The van der Waals surface area contributed by atoms with Crippen molar-refractivity contribution in [1.82, 2.24) is 24.6 Å². The fraction of sp³-hybridized carbons (Fsp3) is 0.684. The number of anilines is 1. The van der Waals surface area contributed by atoms with E-state index in [1.54, 1.807) is 18.0 Å². The van der Waals surface area contributed by atoms with Crippen LogP contribution in [0.3, 0.4) is 0 Å². The summed E-state index contributed by atoms with van der Waals surface area (Å²) in [5.41, 5.74) is -0.0263. The first-order valence-corrected chi connectivity index (χ1v) is 10.0. The monoisotopic (exact) mass is 388 g/mol. The molecule has 1 saturated heterocycles. The highest BCUT2D eigenvalue weighted by atomic mass is 16.5. The molecule has 1 saturated carbocycles. The van der Waals surface area contributed by atoms with Gasteiger partial charge in [0.1, 0.15) is 11.4 Å². The number of amides is 1. The van der Waals surface area contributed by atoms with Gasteiger partial charge in [0.05, 0.1) is 24.4 Å². The van der Waals surface area contributed by atoms with Crippen molar-refractivity contribution in [3.8, 4) is 0 Å². The Labute approximate surface area is 163 Å². The summed E-state index contributed by atoms with van der Waals surface area (Å²) in [6, 6.07) is -0.230. The van der Waals surface area contributed by atoms with Crippen molar-refractivity contribution < 1.29 is 9.53 Å². The van der Waals surface area contributed by atoms with E-state index >= 15 is 0 Å². The SMILES string of the molecule is C[C@@H](Nc1nc2c(cnn2C2CCCC2)c(=O)[nH]1)C(=O)N1CCOC(C)(C)C1. The van der Waals surface area contributed by atoms with Crippen LogP contribution in [-0.4, -0.2) is 61.9 Å². The van der Waals surface area contributed by atoms with Gasteiger partial charge in [0.2, 0.25) is 11.9 Å². The van der Waals surface area contributed by atoms with Gasteiger partial charge in [-0.2, -0.15) is 10.1 Å². The van der Waals surface area contributed by atoms with E-state index in [1.165, 1.54) is 12.8 Å². The largest absolute Gasteiger partial charge is 0.372 e. The van der Waals surface area contributed by atoms with Crippen LogP contribution < -0.4 is 10.9 Å². The molecule has 1 atom stereocenters. The molecule has 0 unspecified atom stereocenters. The molecule has 0 bridgehead atoms. The molecule has 1 amide bonds. The number of ether oxygens (including phenoxy) is 1. The minimum absolute atomic E-state index is 0.0385. The van der Waals surface area contributed by atoms with Gasteiger partial charge in [-0.1, -0.05) is 12.8 Å². The van der Waals surface area contributed by atoms with E-state index in [4.69, 9.17) is 4.74 Å². The number of carbonyl (C=O) groups excluding carboxylic acids is 1. The lowest BCUT2D eigenvalue weighted by molar-refractivity contribution is -0.146. The van der Waals surface area contributed by atoms with E-state index in [0.717, 1.165) is 12.8 Å². The zero-order chi connectivity index (χ0) is 19.9. The maximum Gasteiger partial charge on any atom is 0.263 e. The second-order valence-electron chi connectivity index (χ2n) is 8.41. The highest BCUT2D eigenvalue weighted by Gasteiger charge is 2.32. The van der Waals surface area contributed by atoms with Crippen LogP contribution in [0.1, 0.15) is 52.5 Å². The second kappa shape index (κ2) is 7.20. The summed E-state index contributed by atoms with van der Waals surface area (Å²) in [6.45, 7) is 7.35. The number of aromatic amines is 1. The minimum atomic E-state index is -0.516. The van der Waals surface area contributed by atoms with E-state index in [1.807, 2.05) is 18.5 Å². The zero-order valence-corrected chi connectivity index (χ0v) is 16.7. The van der Waals surface area contributed by atoms with Gasteiger partial charge in [-0.05, 0) is 33.6 Å². The topological polar surface area (TPSA) is 105 Å². The van der Waals surface area contributed by atoms with E-state index < -0.39 is 6.04 Å². The molecule has 2 aromatic heterocycles. The molecule has 0 aromatic carbocycles. The van der Waals surface area contributed by atoms with Gasteiger partial charge in [-0.15, -0.1) is 0 Å². The molecule has 0 radical (unpaired) electrons. The molecule has 1 aliphatic carbocycles. The predicted octanol–water partition coefficient (Wildman–Crippen LogP) is 1.67. The molecule has 9 nitrogen and oxygen atoms in total. The molecular formula is C19H28N6O3. The highest BCUT2D eigenvalue weighted by Crippen LogP contribution is 2.30. The van der Waals surface area contributed by atoms with E-state index in [9.17, 15) is 9.59 Å². The summed E-state index contributed by atoms with van der Waals surface area (Å²) in [6.07, 6.45) is 6.02. The number of H-pyrrole nitrogens is 1. The average Bonchev–Trinajstić information content (AvgIpc) is 3.29. The third-order valence-corrected chi connectivity index (χ3v) is 5.59. The van der Waals surface area contributed by atoms with Gasteiger partial charge in [0, 0.05) is 13.1 Å². The van der Waals surface area contributed by atoms with Crippen molar-refractivity contribution in [1.29, 1.82) is 0 Å². The maximum atomic E-state index is 12.8. The van der Waals surface area contributed by atoms with E-state index in [2.05, 4.69) is 20.4 Å². The van der Waals surface area contributed by atoms with Crippen LogP contribution in [0.15, 0.2) is 11.0 Å². The Balaban J connectivity index is 1.54. The first-order chi connectivity index (χ1) is 13.3. The van der Waals surface area contributed by atoms with Gasteiger partial charge >= 0.3 is 0 Å². The average molecular weight is 388 g/mol. The van der Waals surface area contributed by atoms with Crippen molar-refractivity contribution in [3.63, 3.8) is 0 Å². The van der Waals surface area contributed by atoms with Crippen LogP contribution in [0.4, 0.5) is 5.95 Å². The van der Waals surface area contributed by atoms with Crippen molar-refractivity contribution in [2.24, 2.45) is 0 Å². The molecule has 9 heteroatoms. The third kappa shape index (κ3) is 3.63. The second-order valence-corrected chi connectivity index (χ2v) is 8.41. The zero-order valence-electron chi connectivity index (χ0n) is 16.7. The smallest absolute Gasteiger partial charge is 0.263 e. The summed E-state index contributed by atoms with van der Waals surface area (Å²) in [5, 5.41) is 7.95. The molecule has 2 aliphatic rings. The molecule has 28 heavy (non-hydrogen) atoms.